The summed E-state index contributed by atoms with van der Waals surface area (Å²) in [4.78, 5) is 16.3. The zero-order chi connectivity index (χ0) is 18.0. The Morgan fingerprint density at radius 1 is 1.40 bits per heavy atom. The minimum Gasteiger partial charge on any atom is -0.478 e. The van der Waals surface area contributed by atoms with Crippen LogP contribution in [0.2, 0.25) is 5.02 Å². The summed E-state index contributed by atoms with van der Waals surface area (Å²) in [6.07, 6.45) is 1.65. The van der Waals surface area contributed by atoms with Crippen LogP contribution in [0.15, 0.2) is 28.9 Å². The average Bonchev–Trinajstić information content (AvgIpc) is 2.91. The molecule has 0 saturated carbocycles. The van der Waals surface area contributed by atoms with Gasteiger partial charge < -0.3 is 14.0 Å². The van der Waals surface area contributed by atoms with Crippen LogP contribution in [0.4, 0.5) is 0 Å². The van der Waals surface area contributed by atoms with Gasteiger partial charge in [0.1, 0.15) is 17.9 Å². The molecule has 6 nitrogen and oxygen atoms in total. The van der Waals surface area contributed by atoms with Crippen molar-refractivity contribution in [2.24, 2.45) is 0 Å². The molecule has 3 aromatic rings. The smallest absolute Gasteiger partial charge is 0.344 e. The molecule has 0 fully saturated rings. The highest BCUT2D eigenvalue weighted by Crippen LogP contribution is 2.34. The Morgan fingerprint density at radius 3 is 2.92 bits per heavy atom. The second-order valence-corrected chi connectivity index (χ2v) is 6.89. The van der Waals surface area contributed by atoms with Crippen molar-refractivity contribution in [3.63, 3.8) is 0 Å². The number of pyridine rings is 1. The Kier molecular flexibility index (Phi) is 5.43. The first kappa shape index (κ1) is 17.9. The average molecular weight is 473 g/mol. The molecular weight excluding hydrogens is 459 g/mol. The van der Waals surface area contributed by atoms with E-state index in [9.17, 15) is 4.79 Å². The van der Waals surface area contributed by atoms with Gasteiger partial charge in [-0.3, -0.25) is 4.98 Å². The molecule has 0 amide bonds. The summed E-state index contributed by atoms with van der Waals surface area (Å²) in [5.74, 6) is 0.651. The van der Waals surface area contributed by atoms with E-state index in [1.165, 1.54) is 0 Å². The van der Waals surface area contributed by atoms with Crippen LogP contribution in [0, 0.1) is 17.4 Å². The Bertz CT molecular complexity index is 922. The lowest BCUT2D eigenvalue weighted by atomic mass is 10.2. The van der Waals surface area contributed by atoms with Gasteiger partial charge in [0, 0.05) is 11.6 Å². The molecule has 0 unspecified atom stereocenters. The van der Waals surface area contributed by atoms with Crippen LogP contribution < -0.4 is 4.74 Å². The molecular formula is C17H14ClIN2O4. The number of fused-ring (bicyclic) bond motifs is 1. The van der Waals surface area contributed by atoms with Crippen molar-refractivity contribution in [2.45, 2.75) is 20.5 Å². The number of carbonyl (C=O) groups is 1. The second-order valence-electron chi connectivity index (χ2n) is 5.32. The molecule has 0 aliphatic heterocycles. The van der Waals surface area contributed by atoms with Crippen LogP contribution in [0.5, 0.6) is 5.75 Å². The number of nitrogens with zero attached hydrogens (tertiary/aromatic N) is 2. The van der Waals surface area contributed by atoms with E-state index in [4.69, 9.17) is 25.6 Å². The first-order valence-corrected chi connectivity index (χ1v) is 8.86. The summed E-state index contributed by atoms with van der Waals surface area (Å²) >= 11 is 8.32. The summed E-state index contributed by atoms with van der Waals surface area (Å²) in [5.41, 5.74) is 2.08. The molecule has 0 atom stereocenters. The minimum atomic E-state index is -0.491. The van der Waals surface area contributed by atoms with Crippen LogP contribution in [0.3, 0.4) is 0 Å². The third-order valence-corrected chi connectivity index (χ3v) is 4.76. The van der Waals surface area contributed by atoms with Crippen LogP contribution >= 0.6 is 34.2 Å². The number of aryl methyl sites for hydroxylation is 2. The summed E-state index contributed by atoms with van der Waals surface area (Å²) < 4.78 is 16.7. The molecule has 0 N–H and O–H groups in total. The van der Waals surface area contributed by atoms with Crippen molar-refractivity contribution in [3.05, 3.63) is 50.0 Å². The first-order chi connectivity index (χ1) is 12.0. The summed E-state index contributed by atoms with van der Waals surface area (Å²) in [5, 5.41) is 5.17. The van der Waals surface area contributed by atoms with Gasteiger partial charge in [-0.15, -0.1) is 0 Å². The van der Waals surface area contributed by atoms with Crippen molar-refractivity contribution < 1.29 is 18.8 Å². The van der Waals surface area contributed by atoms with E-state index in [0.717, 1.165) is 14.5 Å². The summed E-state index contributed by atoms with van der Waals surface area (Å²) in [6, 6.07) is 5.42. The largest absolute Gasteiger partial charge is 0.478 e. The van der Waals surface area contributed by atoms with E-state index in [2.05, 4.69) is 32.7 Å². The van der Waals surface area contributed by atoms with Crippen LogP contribution in [-0.4, -0.2) is 22.7 Å². The molecule has 0 bridgehead atoms. The highest BCUT2D eigenvalue weighted by atomic mass is 127. The maximum Gasteiger partial charge on any atom is 0.344 e. The Morgan fingerprint density at radius 2 is 2.20 bits per heavy atom. The number of hydrogen-bond acceptors (Lipinski definition) is 6. The van der Waals surface area contributed by atoms with Crippen molar-refractivity contribution in [1.82, 2.24) is 10.1 Å². The molecule has 0 aliphatic carbocycles. The molecule has 25 heavy (non-hydrogen) atoms. The maximum absolute atomic E-state index is 12.0. The summed E-state index contributed by atoms with van der Waals surface area (Å²) in [6.45, 7) is 3.43. The Balaban J connectivity index is 1.69. The number of esters is 1. The molecule has 0 aliphatic rings. The second kappa shape index (κ2) is 7.57. The number of benzene rings is 1. The molecule has 2 heterocycles. The molecule has 130 valence electrons. The molecule has 0 spiro atoms. The van der Waals surface area contributed by atoms with Gasteiger partial charge in [0.05, 0.1) is 19.9 Å². The topological polar surface area (TPSA) is 74.5 Å². The van der Waals surface area contributed by atoms with E-state index < -0.39 is 5.97 Å². The Hall–Kier alpha value is -1.87. The highest BCUT2D eigenvalue weighted by molar-refractivity contribution is 14.1. The number of hydrogen-bond donors (Lipinski definition) is 0. The number of ether oxygens (including phenoxy) is 2. The summed E-state index contributed by atoms with van der Waals surface area (Å²) in [7, 11) is 0. The van der Waals surface area contributed by atoms with Crippen LogP contribution in [0.1, 0.15) is 17.0 Å². The normalized spacial score (nSPS) is 10.9. The standard InChI is InChI=1S/C17H14ClIN2O4/c1-9-12(10(2)25-21-9)7-23-15(22)8-24-17-14(19)6-13(18)11-4-3-5-20-16(11)17/h3-6H,7-8H2,1-2H3. The lowest BCUT2D eigenvalue weighted by Crippen LogP contribution is -2.15. The van der Waals surface area contributed by atoms with E-state index in [1.54, 1.807) is 32.2 Å². The monoisotopic (exact) mass is 472 g/mol. The molecule has 1 aromatic carbocycles. The molecule has 0 radical (unpaired) electrons. The van der Waals surface area contributed by atoms with Crippen molar-refractivity contribution in [1.29, 1.82) is 0 Å². The predicted octanol–water partition coefficient (Wildman–Crippen LogP) is 4.22. The molecule has 3 rings (SSSR count). The van der Waals surface area contributed by atoms with E-state index in [0.29, 0.717) is 27.7 Å². The highest BCUT2D eigenvalue weighted by Gasteiger charge is 2.15. The van der Waals surface area contributed by atoms with Gasteiger partial charge in [-0.2, -0.15) is 0 Å². The van der Waals surface area contributed by atoms with Crippen molar-refractivity contribution in [2.75, 3.05) is 6.61 Å². The van der Waals surface area contributed by atoms with Gasteiger partial charge >= 0.3 is 5.97 Å². The third kappa shape index (κ3) is 3.87. The van der Waals surface area contributed by atoms with Gasteiger partial charge in [0.15, 0.2) is 12.4 Å². The lowest BCUT2D eigenvalue weighted by molar-refractivity contribution is -0.147. The van der Waals surface area contributed by atoms with E-state index >= 15 is 0 Å². The molecule has 2 aromatic heterocycles. The fourth-order valence-electron chi connectivity index (χ4n) is 2.32. The van der Waals surface area contributed by atoms with Crippen LogP contribution in [0.25, 0.3) is 10.9 Å². The Labute approximate surface area is 162 Å². The fraction of sp³-hybridized carbons (Fsp3) is 0.235. The van der Waals surface area contributed by atoms with Gasteiger partial charge in [-0.1, -0.05) is 16.8 Å². The van der Waals surface area contributed by atoms with Crippen molar-refractivity contribution in [3.8, 4) is 5.75 Å². The zero-order valence-corrected chi connectivity index (χ0v) is 16.4. The lowest BCUT2D eigenvalue weighted by Gasteiger charge is -2.11. The first-order valence-electron chi connectivity index (χ1n) is 7.40. The number of aromatic nitrogens is 2. The fourth-order valence-corrected chi connectivity index (χ4v) is 3.49. The van der Waals surface area contributed by atoms with Gasteiger partial charge in [0.25, 0.3) is 0 Å². The molecule has 8 heteroatoms. The maximum atomic E-state index is 12.0. The number of carbonyl (C=O) groups excluding carboxylic acids is 1. The SMILES string of the molecule is Cc1noc(C)c1COC(=O)COc1c(I)cc(Cl)c2cccnc12. The number of halogens is 2. The van der Waals surface area contributed by atoms with Gasteiger partial charge in [-0.05, 0) is 54.6 Å². The molecule has 0 saturated heterocycles. The third-order valence-electron chi connectivity index (χ3n) is 3.64. The minimum absolute atomic E-state index is 0.0973. The van der Waals surface area contributed by atoms with E-state index in [-0.39, 0.29) is 13.2 Å². The quantitative estimate of drug-likeness (QED) is 0.409. The van der Waals surface area contributed by atoms with E-state index in [1.807, 2.05) is 6.07 Å². The number of rotatable bonds is 5. The predicted molar refractivity (Wildman–Crippen MR) is 101 cm³/mol. The van der Waals surface area contributed by atoms with Crippen LogP contribution in [-0.2, 0) is 16.1 Å². The van der Waals surface area contributed by atoms with Crippen molar-refractivity contribution >= 4 is 51.1 Å². The van der Waals surface area contributed by atoms with Gasteiger partial charge in [-0.25, -0.2) is 4.79 Å². The zero-order valence-electron chi connectivity index (χ0n) is 13.5. The van der Waals surface area contributed by atoms with Gasteiger partial charge in [0.2, 0.25) is 0 Å².